The quantitative estimate of drug-likeness (QED) is 0.492. The molecular weight excluding hydrogens is 459 g/mol. The SMILES string of the molecule is NC(=O)c1nc2c(s1)C(c1ccccc1N)N(C(=O)Nc1ccccc1OC(F)(F)F)CC2. The van der Waals surface area contributed by atoms with Gasteiger partial charge in [0.1, 0.15) is 0 Å². The zero-order chi connectivity index (χ0) is 23.8. The maximum Gasteiger partial charge on any atom is 0.573 e. The number of benzene rings is 2. The minimum absolute atomic E-state index is 0.102. The van der Waals surface area contributed by atoms with Crippen LogP contribution in [-0.4, -0.2) is 34.7 Å². The molecule has 2 aromatic carbocycles. The average molecular weight is 477 g/mol. The van der Waals surface area contributed by atoms with Gasteiger partial charge >= 0.3 is 12.4 Å². The van der Waals surface area contributed by atoms with E-state index >= 15 is 0 Å². The standard InChI is InChI=1S/C21H18F3N5O3S/c22-21(23,24)32-15-8-4-3-7-13(15)28-20(31)29-10-9-14-17(33-19(27-14)18(26)30)16(29)11-5-1-2-6-12(11)25/h1-8,16H,9-10,25H2,(H2,26,30)(H,28,31). The van der Waals surface area contributed by atoms with Crippen LogP contribution in [0.4, 0.5) is 29.3 Å². The summed E-state index contributed by atoms with van der Waals surface area (Å²) in [5.74, 6) is -1.23. The fraction of sp³-hybridized carbons (Fsp3) is 0.190. The number of hydrogen-bond acceptors (Lipinski definition) is 6. The Morgan fingerprint density at radius 1 is 1.15 bits per heavy atom. The first-order chi connectivity index (χ1) is 15.6. The van der Waals surface area contributed by atoms with Gasteiger partial charge in [0.25, 0.3) is 5.91 Å². The van der Waals surface area contributed by atoms with Gasteiger partial charge in [0.15, 0.2) is 10.8 Å². The summed E-state index contributed by atoms with van der Waals surface area (Å²) in [6.45, 7) is 0.183. The third-order valence-electron chi connectivity index (χ3n) is 4.99. The van der Waals surface area contributed by atoms with Crippen molar-refractivity contribution >= 4 is 34.6 Å². The van der Waals surface area contributed by atoms with E-state index in [2.05, 4.69) is 15.0 Å². The van der Waals surface area contributed by atoms with Crippen LogP contribution in [0.5, 0.6) is 5.75 Å². The highest BCUT2D eigenvalue weighted by atomic mass is 32.1. The first-order valence-electron chi connectivity index (χ1n) is 9.70. The predicted octanol–water partition coefficient (Wildman–Crippen LogP) is 3.90. The Bertz CT molecular complexity index is 1210. The van der Waals surface area contributed by atoms with Gasteiger partial charge in [0, 0.05) is 24.2 Å². The molecule has 3 amide bonds. The fourth-order valence-electron chi connectivity index (χ4n) is 3.62. The molecule has 2 heterocycles. The Balaban J connectivity index is 1.71. The van der Waals surface area contributed by atoms with E-state index in [1.54, 1.807) is 24.3 Å². The highest BCUT2D eigenvalue weighted by Gasteiger charge is 2.37. The second-order valence-electron chi connectivity index (χ2n) is 7.14. The number of nitrogen functional groups attached to an aromatic ring is 1. The highest BCUT2D eigenvalue weighted by Crippen LogP contribution is 2.41. The summed E-state index contributed by atoms with van der Waals surface area (Å²) in [5, 5.41) is 2.60. The monoisotopic (exact) mass is 477 g/mol. The number of carbonyl (C=O) groups is 2. The molecule has 1 aliphatic heterocycles. The molecule has 0 spiro atoms. The lowest BCUT2D eigenvalue weighted by molar-refractivity contribution is -0.274. The van der Waals surface area contributed by atoms with Gasteiger partial charge in [-0.2, -0.15) is 0 Å². The number of primary amides is 1. The molecule has 3 aromatic rings. The van der Waals surface area contributed by atoms with Gasteiger partial charge in [0.2, 0.25) is 0 Å². The lowest BCUT2D eigenvalue weighted by Crippen LogP contribution is -2.42. The van der Waals surface area contributed by atoms with Crippen molar-refractivity contribution in [1.82, 2.24) is 9.88 Å². The van der Waals surface area contributed by atoms with E-state index in [1.165, 1.54) is 23.1 Å². The molecule has 4 rings (SSSR count). The second kappa shape index (κ2) is 8.62. The van der Waals surface area contributed by atoms with Crippen molar-refractivity contribution in [2.24, 2.45) is 5.73 Å². The number of hydrogen-bond donors (Lipinski definition) is 3. The van der Waals surface area contributed by atoms with Gasteiger partial charge < -0.3 is 26.4 Å². The number of nitrogens with one attached hydrogen (secondary N) is 1. The number of aromatic nitrogens is 1. The van der Waals surface area contributed by atoms with Crippen molar-refractivity contribution in [3.8, 4) is 5.75 Å². The van der Waals surface area contributed by atoms with Crippen molar-refractivity contribution in [1.29, 1.82) is 0 Å². The number of rotatable bonds is 4. The van der Waals surface area contributed by atoms with Gasteiger partial charge in [-0.3, -0.25) is 4.79 Å². The van der Waals surface area contributed by atoms with Gasteiger partial charge in [0.05, 0.1) is 22.3 Å². The molecule has 5 N–H and O–H groups in total. The first-order valence-corrected chi connectivity index (χ1v) is 10.5. The lowest BCUT2D eigenvalue weighted by Gasteiger charge is -2.36. The van der Waals surface area contributed by atoms with E-state index in [9.17, 15) is 22.8 Å². The van der Waals surface area contributed by atoms with Gasteiger partial charge in [-0.15, -0.1) is 24.5 Å². The van der Waals surface area contributed by atoms with Crippen LogP contribution < -0.4 is 21.5 Å². The molecule has 0 radical (unpaired) electrons. The molecule has 1 aromatic heterocycles. The number of nitrogens with zero attached hydrogens (tertiary/aromatic N) is 2. The summed E-state index contributed by atoms with van der Waals surface area (Å²) >= 11 is 1.06. The summed E-state index contributed by atoms with van der Waals surface area (Å²) in [5.41, 5.74) is 13.0. The van der Waals surface area contributed by atoms with Crippen molar-refractivity contribution in [2.75, 3.05) is 17.6 Å². The van der Waals surface area contributed by atoms with Crippen molar-refractivity contribution in [2.45, 2.75) is 18.8 Å². The van der Waals surface area contributed by atoms with Gasteiger partial charge in [-0.1, -0.05) is 30.3 Å². The zero-order valence-electron chi connectivity index (χ0n) is 16.9. The molecule has 0 fully saturated rings. The predicted molar refractivity (Wildman–Crippen MR) is 116 cm³/mol. The van der Waals surface area contributed by atoms with Crippen LogP contribution in [0.15, 0.2) is 48.5 Å². The third kappa shape index (κ3) is 4.70. The maximum absolute atomic E-state index is 13.3. The van der Waals surface area contributed by atoms with E-state index in [1.807, 2.05) is 0 Å². The molecule has 33 heavy (non-hydrogen) atoms. The molecule has 0 saturated carbocycles. The molecule has 1 unspecified atom stereocenters. The summed E-state index contributed by atoms with van der Waals surface area (Å²) in [6, 6.07) is 10.8. The van der Waals surface area contributed by atoms with Crippen LogP contribution in [0.1, 0.15) is 32.0 Å². The number of alkyl halides is 3. The number of anilines is 2. The summed E-state index contributed by atoms with van der Waals surface area (Å²) in [4.78, 5) is 31.3. The summed E-state index contributed by atoms with van der Waals surface area (Å²) in [7, 11) is 0. The maximum atomic E-state index is 13.3. The number of amides is 3. The Kier molecular flexibility index (Phi) is 5.85. The molecule has 172 valence electrons. The van der Waals surface area contributed by atoms with Crippen molar-refractivity contribution in [3.63, 3.8) is 0 Å². The first kappa shape index (κ1) is 22.4. The topological polar surface area (TPSA) is 124 Å². The number of ether oxygens (including phenoxy) is 1. The fourth-order valence-corrected chi connectivity index (χ4v) is 4.71. The van der Waals surface area contributed by atoms with Crippen LogP contribution >= 0.6 is 11.3 Å². The third-order valence-corrected chi connectivity index (χ3v) is 6.16. The number of carbonyl (C=O) groups excluding carboxylic acids is 2. The zero-order valence-corrected chi connectivity index (χ0v) is 17.7. The van der Waals surface area contributed by atoms with Crippen LogP contribution in [0, 0.1) is 0 Å². The van der Waals surface area contributed by atoms with E-state index < -0.39 is 30.1 Å². The van der Waals surface area contributed by atoms with E-state index in [-0.39, 0.29) is 17.2 Å². The normalized spacial score (nSPS) is 15.6. The van der Waals surface area contributed by atoms with E-state index in [0.717, 1.165) is 17.4 Å². The number of thiazole rings is 1. The molecule has 0 bridgehead atoms. The van der Waals surface area contributed by atoms with Gasteiger partial charge in [-0.05, 0) is 18.2 Å². The molecular formula is C21H18F3N5O3S. The molecule has 12 heteroatoms. The number of fused-ring (bicyclic) bond motifs is 1. The second-order valence-corrected chi connectivity index (χ2v) is 8.17. The number of urea groups is 1. The minimum atomic E-state index is -4.92. The largest absolute Gasteiger partial charge is 0.573 e. The lowest BCUT2D eigenvalue weighted by atomic mass is 9.96. The molecule has 0 saturated heterocycles. The number of halogens is 3. The van der Waals surface area contributed by atoms with Crippen LogP contribution in [0.3, 0.4) is 0 Å². The van der Waals surface area contributed by atoms with E-state index in [0.29, 0.717) is 28.2 Å². The van der Waals surface area contributed by atoms with Crippen LogP contribution in [0.25, 0.3) is 0 Å². The molecule has 1 aliphatic rings. The highest BCUT2D eigenvalue weighted by molar-refractivity contribution is 7.13. The molecule has 0 aliphatic carbocycles. The van der Waals surface area contributed by atoms with Crippen LogP contribution in [0.2, 0.25) is 0 Å². The summed E-state index contributed by atoms with van der Waals surface area (Å²) < 4.78 is 42.3. The van der Waals surface area contributed by atoms with E-state index in [4.69, 9.17) is 11.5 Å². The number of para-hydroxylation sites is 3. The Morgan fingerprint density at radius 2 is 1.85 bits per heavy atom. The minimum Gasteiger partial charge on any atom is -0.404 e. The average Bonchev–Trinajstić information content (AvgIpc) is 3.19. The van der Waals surface area contributed by atoms with Gasteiger partial charge in [-0.25, -0.2) is 9.78 Å². The Morgan fingerprint density at radius 3 is 2.55 bits per heavy atom. The number of nitrogens with two attached hydrogens (primary N) is 2. The Labute approximate surface area is 190 Å². The molecule has 8 nitrogen and oxygen atoms in total. The van der Waals surface area contributed by atoms with Crippen molar-refractivity contribution in [3.05, 3.63) is 69.7 Å². The Hall–Kier alpha value is -3.80. The smallest absolute Gasteiger partial charge is 0.404 e. The summed E-state index contributed by atoms with van der Waals surface area (Å²) in [6.07, 6.45) is -4.59. The van der Waals surface area contributed by atoms with Crippen molar-refractivity contribution < 1.29 is 27.5 Å². The molecule has 1 atom stereocenters. The van der Waals surface area contributed by atoms with Crippen LogP contribution in [-0.2, 0) is 6.42 Å².